The summed E-state index contributed by atoms with van der Waals surface area (Å²) in [7, 11) is 1.97. The molecule has 1 aromatic carbocycles. The maximum Gasteiger partial charge on any atom is 0.120 e. The van der Waals surface area contributed by atoms with Crippen LogP contribution in [-0.4, -0.2) is 29.5 Å². The van der Waals surface area contributed by atoms with E-state index < -0.39 is 0 Å². The molecule has 4 nitrogen and oxygen atoms in total. The summed E-state index contributed by atoms with van der Waals surface area (Å²) < 4.78 is 7.71. The van der Waals surface area contributed by atoms with Gasteiger partial charge in [0.15, 0.2) is 0 Å². The molecule has 0 bridgehead atoms. The number of fused-ring (bicyclic) bond motifs is 1. The monoisotopic (exact) mass is 231 g/mol. The molecule has 3 rings (SSSR count). The lowest BCUT2D eigenvalue weighted by Gasteiger charge is -2.26. The topological polar surface area (TPSA) is 39.1 Å². The van der Waals surface area contributed by atoms with E-state index in [1.54, 1.807) is 0 Å². The molecule has 0 aliphatic carbocycles. The van der Waals surface area contributed by atoms with Crippen molar-refractivity contribution in [1.82, 2.24) is 15.1 Å². The largest absolute Gasteiger partial charge is 0.493 e. The fraction of sp³-hybridized carbons (Fsp3) is 0.462. The van der Waals surface area contributed by atoms with Gasteiger partial charge >= 0.3 is 0 Å². The Morgan fingerprint density at radius 1 is 1.47 bits per heavy atom. The van der Waals surface area contributed by atoms with Crippen LogP contribution in [0.25, 0.3) is 10.9 Å². The number of ether oxygens (including phenoxy) is 1. The first-order valence-electron chi connectivity index (χ1n) is 6.01. The van der Waals surface area contributed by atoms with Crippen LogP contribution in [0.5, 0.6) is 5.75 Å². The van der Waals surface area contributed by atoms with Gasteiger partial charge in [0.25, 0.3) is 0 Å². The number of nitrogens with one attached hydrogen (secondary N) is 1. The molecule has 1 aliphatic rings. The van der Waals surface area contributed by atoms with Crippen molar-refractivity contribution < 1.29 is 4.74 Å². The third-order valence-corrected chi connectivity index (χ3v) is 3.36. The van der Waals surface area contributed by atoms with E-state index in [2.05, 4.69) is 22.5 Å². The summed E-state index contributed by atoms with van der Waals surface area (Å²) in [6.45, 7) is 4.99. The van der Waals surface area contributed by atoms with Gasteiger partial charge in [0.1, 0.15) is 5.75 Å². The number of hydrogen-bond acceptors (Lipinski definition) is 3. The molecule has 2 aromatic rings. The first-order valence-corrected chi connectivity index (χ1v) is 6.01. The van der Waals surface area contributed by atoms with Crippen LogP contribution in [0.4, 0.5) is 0 Å². The molecule has 0 unspecified atom stereocenters. The van der Waals surface area contributed by atoms with Gasteiger partial charge < -0.3 is 10.1 Å². The molecule has 17 heavy (non-hydrogen) atoms. The predicted molar refractivity (Wildman–Crippen MR) is 67.3 cm³/mol. The Morgan fingerprint density at radius 2 is 2.29 bits per heavy atom. The molecule has 1 N–H and O–H groups in total. The molecule has 0 atom stereocenters. The predicted octanol–water partition coefficient (Wildman–Crippen LogP) is 1.48. The van der Waals surface area contributed by atoms with Crippen LogP contribution in [0.3, 0.4) is 0 Å². The first kappa shape index (κ1) is 10.6. The van der Waals surface area contributed by atoms with Crippen molar-refractivity contribution in [1.29, 1.82) is 0 Å². The first-order chi connectivity index (χ1) is 8.24. The zero-order chi connectivity index (χ0) is 11.8. The molecule has 90 valence electrons. The second-order valence-corrected chi connectivity index (χ2v) is 4.72. The Kier molecular flexibility index (Phi) is 2.52. The standard InChI is InChI=1S/C13H17N3O/c1-9-12-5-11(17-8-10-6-14-7-10)3-4-13(12)16(2)15-9/h3-5,10,14H,6-8H2,1-2H3. The van der Waals surface area contributed by atoms with E-state index in [4.69, 9.17) is 4.74 Å². The number of aryl methyl sites for hydroxylation is 2. The summed E-state index contributed by atoms with van der Waals surface area (Å²) in [6.07, 6.45) is 0. The third-order valence-electron chi connectivity index (χ3n) is 3.36. The Bertz CT molecular complexity index is 543. The summed E-state index contributed by atoms with van der Waals surface area (Å²) >= 11 is 0. The minimum atomic E-state index is 0.667. The number of benzene rings is 1. The van der Waals surface area contributed by atoms with E-state index in [0.717, 1.165) is 36.7 Å². The van der Waals surface area contributed by atoms with E-state index in [0.29, 0.717) is 5.92 Å². The van der Waals surface area contributed by atoms with Crippen molar-refractivity contribution >= 4 is 10.9 Å². The third kappa shape index (κ3) is 1.89. The van der Waals surface area contributed by atoms with E-state index in [1.807, 2.05) is 24.7 Å². The van der Waals surface area contributed by atoms with Crippen molar-refractivity contribution in [2.45, 2.75) is 6.92 Å². The summed E-state index contributed by atoms with van der Waals surface area (Å²) in [6, 6.07) is 6.18. The Labute approximate surface area is 101 Å². The molecule has 1 aromatic heterocycles. The highest BCUT2D eigenvalue weighted by Crippen LogP contribution is 2.23. The number of nitrogens with zero attached hydrogens (tertiary/aromatic N) is 2. The van der Waals surface area contributed by atoms with Gasteiger partial charge in [-0.3, -0.25) is 4.68 Å². The summed E-state index contributed by atoms with van der Waals surface area (Å²) in [5.74, 6) is 1.61. The minimum Gasteiger partial charge on any atom is -0.493 e. The lowest BCUT2D eigenvalue weighted by Crippen LogP contribution is -2.45. The maximum atomic E-state index is 5.81. The van der Waals surface area contributed by atoms with Crippen molar-refractivity contribution in [3.8, 4) is 5.75 Å². The molecule has 2 heterocycles. The lowest BCUT2D eigenvalue weighted by atomic mass is 10.1. The van der Waals surface area contributed by atoms with Crippen molar-refractivity contribution in [2.75, 3.05) is 19.7 Å². The van der Waals surface area contributed by atoms with Crippen LogP contribution >= 0.6 is 0 Å². The molecule has 0 radical (unpaired) electrons. The molecule has 1 saturated heterocycles. The summed E-state index contributed by atoms with van der Waals surface area (Å²) in [5.41, 5.74) is 2.21. The van der Waals surface area contributed by atoms with Crippen molar-refractivity contribution in [2.24, 2.45) is 13.0 Å². The molecular formula is C13H17N3O. The molecular weight excluding hydrogens is 214 g/mol. The Morgan fingerprint density at radius 3 is 3.00 bits per heavy atom. The lowest BCUT2D eigenvalue weighted by molar-refractivity contribution is 0.199. The molecule has 0 spiro atoms. The Hall–Kier alpha value is -1.55. The van der Waals surface area contributed by atoms with Crippen molar-refractivity contribution in [3.05, 3.63) is 23.9 Å². The van der Waals surface area contributed by atoms with Gasteiger partial charge in [-0.05, 0) is 25.1 Å². The minimum absolute atomic E-state index is 0.667. The van der Waals surface area contributed by atoms with Gasteiger partial charge in [-0.2, -0.15) is 5.10 Å². The van der Waals surface area contributed by atoms with E-state index in [1.165, 1.54) is 5.39 Å². The molecule has 0 saturated carbocycles. The van der Waals surface area contributed by atoms with Gasteiger partial charge in [-0.25, -0.2) is 0 Å². The van der Waals surface area contributed by atoms with E-state index >= 15 is 0 Å². The second-order valence-electron chi connectivity index (χ2n) is 4.72. The van der Waals surface area contributed by atoms with Crippen LogP contribution in [0.1, 0.15) is 5.69 Å². The van der Waals surface area contributed by atoms with Crippen LogP contribution in [0.15, 0.2) is 18.2 Å². The van der Waals surface area contributed by atoms with Gasteiger partial charge in [-0.15, -0.1) is 0 Å². The summed E-state index contributed by atoms with van der Waals surface area (Å²) in [4.78, 5) is 0. The number of aromatic nitrogens is 2. The average Bonchev–Trinajstić information content (AvgIpc) is 2.53. The van der Waals surface area contributed by atoms with Crippen LogP contribution < -0.4 is 10.1 Å². The quantitative estimate of drug-likeness (QED) is 0.869. The normalized spacial score (nSPS) is 16.1. The average molecular weight is 231 g/mol. The van der Waals surface area contributed by atoms with Crippen molar-refractivity contribution in [3.63, 3.8) is 0 Å². The molecule has 4 heteroatoms. The number of hydrogen-bond donors (Lipinski definition) is 1. The molecule has 1 aliphatic heterocycles. The van der Waals surface area contributed by atoms with Crippen LogP contribution in [0.2, 0.25) is 0 Å². The van der Waals surface area contributed by atoms with Gasteiger partial charge in [0.2, 0.25) is 0 Å². The van der Waals surface area contributed by atoms with Gasteiger partial charge in [-0.1, -0.05) is 0 Å². The highest BCUT2D eigenvalue weighted by Gasteiger charge is 2.17. The van der Waals surface area contributed by atoms with Crippen LogP contribution in [0, 0.1) is 12.8 Å². The SMILES string of the molecule is Cc1nn(C)c2ccc(OCC3CNC3)cc12. The van der Waals surface area contributed by atoms with E-state index in [-0.39, 0.29) is 0 Å². The highest BCUT2D eigenvalue weighted by atomic mass is 16.5. The zero-order valence-electron chi connectivity index (χ0n) is 10.2. The zero-order valence-corrected chi connectivity index (χ0v) is 10.2. The highest BCUT2D eigenvalue weighted by molar-refractivity contribution is 5.83. The fourth-order valence-corrected chi connectivity index (χ4v) is 2.19. The smallest absolute Gasteiger partial charge is 0.120 e. The number of rotatable bonds is 3. The summed E-state index contributed by atoms with van der Waals surface area (Å²) in [5, 5.41) is 8.83. The van der Waals surface area contributed by atoms with Crippen LogP contribution in [-0.2, 0) is 7.05 Å². The molecule has 0 amide bonds. The van der Waals surface area contributed by atoms with Gasteiger partial charge in [0, 0.05) is 31.4 Å². The van der Waals surface area contributed by atoms with Gasteiger partial charge in [0.05, 0.1) is 17.8 Å². The molecule has 1 fully saturated rings. The Balaban J connectivity index is 1.82. The maximum absolute atomic E-state index is 5.81. The second kappa shape index (κ2) is 4.04. The van der Waals surface area contributed by atoms with E-state index in [9.17, 15) is 0 Å². The fourth-order valence-electron chi connectivity index (χ4n) is 2.19.